The minimum absolute atomic E-state index is 0.100. The Bertz CT molecular complexity index is 2360. The molecule has 0 unspecified atom stereocenters. The Morgan fingerprint density at radius 1 is 0.830 bits per heavy atom. The number of imidazole rings is 1. The third-order valence-corrected chi connectivity index (χ3v) is 8.82. The van der Waals surface area contributed by atoms with Crippen molar-refractivity contribution in [1.82, 2.24) is 35.5 Å². The molecule has 12 heteroatoms. The first-order chi connectivity index (χ1) is 22.7. The molecule has 0 aliphatic carbocycles. The summed E-state index contributed by atoms with van der Waals surface area (Å²) in [6, 6.07) is 21.5. The number of benzene rings is 3. The average molecular weight is 650 g/mol. The summed E-state index contributed by atoms with van der Waals surface area (Å²) in [6.45, 7) is 1.31. The predicted octanol–water partition coefficient (Wildman–Crippen LogP) is 6.39. The fraction of sp³-hybridized carbons (Fsp3) is 0.143. The summed E-state index contributed by atoms with van der Waals surface area (Å²) in [4.78, 5) is 16.9. The van der Waals surface area contributed by atoms with Crippen molar-refractivity contribution in [2.75, 3.05) is 12.0 Å². The van der Waals surface area contributed by atoms with Crippen molar-refractivity contribution in [3.63, 3.8) is 0 Å². The van der Waals surface area contributed by atoms with Crippen LogP contribution in [0.3, 0.4) is 0 Å². The van der Waals surface area contributed by atoms with Gasteiger partial charge in [0.1, 0.15) is 32.4 Å². The molecule has 0 spiro atoms. The van der Waals surface area contributed by atoms with Crippen LogP contribution in [0.4, 0.5) is 8.78 Å². The standard InChI is InChI=1S/C35H29F2N7O2S/c1-47(45,46)10-8-22-11-25(14-27(36)13-22)31-34-30(7-9-40-31)41-35(42-34)33-28-15-24(16-29(37)32(28)43-44-33)26-12-23(19-39-20-26)18-38-17-21-5-3-2-4-6-21/h2-7,9,11-16,19-20,38H,8,10,17-18H2,1H3,(H,41,42)(H,43,44). The molecule has 0 saturated carbocycles. The quantitative estimate of drug-likeness (QED) is 0.157. The van der Waals surface area contributed by atoms with Crippen LogP contribution < -0.4 is 5.32 Å². The molecule has 0 radical (unpaired) electrons. The number of sulfone groups is 1. The van der Waals surface area contributed by atoms with Crippen molar-refractivity contribution in [3.8, 4) is 33.9 Å². The number of hydrogen-bond donors (Lipinski definition) is 3. The van der Waals surface area contributed by atoms with E-state index in [1.165, 1.54) is 23.8 Å². The van der Waals surface area contributed by atoms with E-state index in [0.717, 1.165) is 17.4 Å². The van der Waals surface area contributed by atoms with Gasteiger partial charge in [0.15, 0.2) is 11.6 Å². The van der Waals surface area contributed by atoms with E-state index in [9.17, 15) is 12.8 Å². The molecule has 4 aromatic heterocycles. The SMILES string of the molecule is CS(=O)(=O)CCc1cc(F)cc(-c2nccc3[nH]c(-c4[nH]nc5c(F)cc(-c6cncc(CNCc7ccccc7)c6)cc45)nc23)c1. The van der Waals surface area contributed by atoms with Crippen molar-refractivity contribution in [2.24, 2.45) is 0 Å². The van der Waals surface area contributed by atoms with Gasteiger partial charge in [-0.2, -0.15) is 5.10 Å². The molecule has 0 fully saturated rings. The molecule has 0 aliphatic rings. The molecule has 3 N–H and O–H groups in total. The van der Waals surface area contributed by atoms with Crippen molar-refractivity contribution in [3.05, 3.63) is 120 Å². The van der Waals surface area contributed by atoms with Gasteiger partial charge in [0.2, 0.25) is 0 Å². The highest BCUT2D eigenvalue weighted by Gasteiger charge is 2.19. The maximum absolute atomic E-state index is 15.4. The number of aryl methyl sites for hydroxylation is 1. The first kappa shape index (κ1) is 30.3. The molecule has 0 saturated heterocycles. The minimum atomic E-state index is -3.22. The van der Waals surface area contributed by atoms with Gasteiger partial charge >= 0.3 is 0 Å². The molecule has 47 heavy (non-hydrogen) atoms. The van der Waals surface area contributed by atoms with E-state index in [4.69, 9.17) is 4.98 Å². The molecule has 0 atom stereocenters. The van der Waals surface area contributed by atoms with Gasteiger partial charge in [-0.15, -0.1) is 0 Å². The largest absolute Gasteiger partial charge is 0.337 e. The molecular formula is C35H29F2N7O2S. The van der Waals surface area contributed by atoms with E-state index < -0.39 is 21.5 Å². The fourth-order valence-corrected chi connectivity index (χ4v) is 6.22. The maximum Gasteiger partial charge on any atom is 0.157 e. The van der Waals surface area contributed by atoms with Crippen LogP contribution in [-0.2, 0) is 29.3 Å². The van der Waals surface area contributed by atoms with Crippen LogP contribution in [0, 0.1) is 11.6 Å². The number of rotatable bonds is 10. The smallest absolute Gasteiger partial charge is 0.157 e. The number of pyridine rings is 2. The van der Waals surface area contributed by atoms with Gasteiger partial charge in [0, 0.05) is 54.4 Å². The molecule has 0 bridgehead atoms. The third-order valence-electron chi connectivity index (χ3n) is 7.87. The van der Waals surface area contributed by atoms with Gasteiger partial charge in [-0.05, 0) is 71.1 Å². The van der Waals surface area contributed by atoms with Crippen molar-refractivity contribution >= 4 is 31.8 Å². The number of aromatic nitrogens is 6. The molecule has 4 heterocycles. The van der Waals surface area contributed by atoms with Crippen LogP contribution in [0.5, 0.6) is 0 Å². The molecule has 3 aromatic carbocycles. The van der Waals surface area contributed by atoms with E-state index in [2.05, 4.69) is 42.6 Å². The first-order valence-corrected chi connectivity index (χ1v) is 17.0. The van der Waals surface area contributed by atoms with E-state index in [0.29, 0.717) is 63.4 Å². The summed E-state index contributed by atoms with van der Waals surface area (Å²) in [5.41, 5.74) is 6.69. The van der Waals surface area contributed by atoms with Crippen LogP contribution >= 0.6 is 0 Å². The number of hydrogen-bond acceptors (Lipinski definition) is 7. The topological polar surface area (TPSA) is 129 Å². The summed E-state index contributed by atoms with van der Waals surface area (Å²) in [6.07, 6.45) is 6.38. The molecule has 7 rings (SSSR count). The second kappa shape index (κ2) is 12.5. The molecule has 0 amide bonds. The Balaban J connectivity index is 1.21. The summed E-state index contributed by atoms with van der Waals surface area (Å²) >= 11 is 0. The second-order valence-electron chi connectivity index (χ2n) is 11.5. The fourth-order valence-electron chi connectivity index (χ4n) is 5.61. The van der Waals surface area contributed by atoms with Crippen molar-refractivity contribution in [1.29, 1.82) is 0 Å². The molecule has 9 nitrogen and oxygen atoms in total. The monoisotopic (exact) mass is 649 g/mol. The van der Waals surface area contributed by atoms with Gasteiger partial charge < -0.3 is 10.3 Å². The number of nitrogens with zero attached hydrogens (tertiary/aromatic N) is 4. The third kappa shape index (κ3) is 6.64. The van der Waals surface area contributed by atoms with E-state index in [1.807, 2.05) is 30.3 Å². The Hall–Kier alpha value is -5.33. The zero-order chi connectivity index (χ0) is 32.5. The lowest BCUT2D eigenvalue weighted by atomic mass is 10.0. The number of fused-ring (bicyclic) bond motifs is 2. The van der Waals surface area contributed by atoms with Gasteiger partial charge in [-0.3, -0.25) is 15.1 Å². The molecular weight excluding hydrogens is 620 g/mol. The Morgan fingerprint density at radius 3 is 2.47 bits per heavy atom. The predicted molar refractivity (Wildman–Crippen MR) is 178 cm³/mol. The normalized spacial score (nSPS) is 11.9. The second-order valence-corrected chi connectivity index (χ2v) is 13.8. The molecule has 0 aliphatic heterocycles. The number of halogens is 2. The Morgan fingerprint density at radius 2 is 1.64 bits per heavy atom. The lowest BCUT2D eigenvalue weighted by molar-refractivity contribution is 0.600. The van der Waals surface area contributed by atoms with Gasteiger partial charge in [0.25, 0.3) is 0 Å². The highest BCUT2D eigenvalue weighted by molar-refractivity contribution is 7.90. The molecule has 7 aromatic rings. The zero-order valence-corrected chi connectivity index (χ0v) is 26.1. The van der Waals surface area contributed by atoms with Crippen molar-refractivity contribution < 1.29 is 17.2 Å². The van der Waals surface area contributed by atoms with Crippen molar-refractivity contribution in [2.45, 2.75) is 19.5 Å². The summed E-state index contributed by atoms with van der Waals surface area (Å²) in [5, 5.41) is 11.1. The molecule has 236 valence electrons. The van der Waals surface area contributed by atoms with Gasteiger partial charge in [-0.25, -0.2) is 22.2 Å². The lowest BCUT2D eigenvalue weighted by Gasteiger charge is -2.08. The average Bonchev–Trinajstić information content (AvgIpc) is 3.69. The number of aromatic amines is 2. The van der Waals surface area contributed by atoms with Crippen LogP contribution in [-0.4, -0.2) is 50.6 Å². The van der Waals surface area contributed by atoms with Crippen LogP contribution in [0.15, 0.2) is 91.4 Å². The van der Waals surface area contributed by atoms with E-state index in [1.54, 1.807) is 30.7 Å². The van der Waals surface area contributed by atoms with Crippen LogP contribution in [0.2, 0.25) is 0 Å². The highest BCUT2D eigenvalue weighted by atomic mass is 32.2. The maximum atomic E-state index is 15.4. The lowest BCUT2D eigenvalue weighted by Crippen LogP contribution is -2.12. The highest BCUT2D eigenvalue weighted by Crippen LogP contribution is 2.34. The Kier molecular flexibility index (Phi) is 8.04. The number of H-pyrrole nitrogens is 2. The van der Waals surface area contributed by atoms with E-state index in [-0.39, 0.29) is 17.7 Å². The zero-order valence-electron chi connectivity index (χ0n) is 25.3. The summed E-state index contributed by atoms with van der Waals surface area (Å²) < 4.78 is 53.5. The minimum Gasteiger partial charge on any atom is -0.337 e. The summed E-state index contributed by atoms with van der Waals surface area (Å²) in [5.74, 6) is -0.697. The van der Waals surface area contributed by atoms with Crippen LogP contribution in [0.25, 0.3) is 55.8 Å². The number of nitrogens with one attached hydrogen (secondary N) is 3. The van der Waals surface area contributed by atoms with Gasteiger partial charge in [-0.1, -0.05) is 30.3 Å². The van der Waals surface area contributed by atoms with Crippen LogP contribution in [0.1, 0.15) is 16.7 Å². The summed E-state index contributed by atoms with van der Waals surface area (Å²) in [7, 11) is -3.22. The first-order valence-electron chi connectivity index (χ1n) is 14.9. The Labute approximate surface area is 269 Å². The van der Waals surface area contributed by atoms with E-state index >= 15 is 4.39 Å². The van der Waals surface area contributed by atoms with Gasteiger partial charge in [0.05, 0.1) is 17.0 Å².